The van der Waals surface area contributed by atoms with Crippen molar-refractivity contribution in [3.8, 4) is 23.8 Å². The molecular formula is C20H23N3O5S2. The van der Waals surface area contributed by atoms with Crippen molar-refractivity contribution < 1.29 is 23.3 Å². The average Bonchev–Trinajstić information content (AvgIpc) is 3.24. The van der Waals surface area contributed by atoms with Crippen LogP contribution in [-0.4, -0.2) is 65.8 Å². The molecule has 0 aliphatic heterocycles. The van der Waals surface area contributed by atoms with Gasteiger partial charge in [0.05, 0.1) is 36.9 Å². The molecule has 1 aromatic heterocycles. The average molecular weight is 450 g/mol. The van der Waals surface area contributed by atoms with Gasteiger partial charge in [0.1, 0.15) is 23.5 Å². The molecule has 1 aromatic carbocycles. The maximum atomic E-state index is 13.3. The van der Waals surface area contributed by atoms with Gasteiger partial charge in [0.2, 0.25) is 0 Å². The molecule has 1 amide bonds. The zero-order chi connectivity index (χ0) is 22.3. The second-order valence-corrected chi connectivity index (χ2v) is 8.52. The number of rotatable bonds is 10. The van der Waals surface area contributed by atoms with E-state index in [2.05, 4.69) is 10.9 Å². The zero-order valence-electron chi connectivity index (χ0n) is 17.2. The summed E-state index contributed by atoms with van der Waals surface area (Å²) in [7, 11) is 3.47. The van der Waals surface area contributed by atoms with Gasteiger partial charge in [-0.25, -0.2) is 13.5 Å². The number of aldehydes is 1. The van der Waals surface area contributed by atoms with E-state index in [0.29, 0.717) is 35.0 Å². The second kappa shape index (κ2) is 10.9. The van der Waals surface area contributed by atoms with Crippen molar-refractivity contribution >= 4 is 40.2 Å². The highest BCUT2D eigenvalue weighted by Crippen LogP contribution is 2.31. The molecule has 2 atom stereocenters. The maximum Gasteiger partial charge on any atom is 0.278 e. The van der Waals surface area contributed by atoms with Gasteiger partial charge < -0.3 is 14.3 Å². The molecule has 0 bridgehead atoms. The van der Waals surface area contributed by atoms with E-state index in [1.54, 1.807) is 41.2 Å². The molecule has 10 heteroatoms. The van der Waals surface area contributed by atoms with E-state index in [1.807, 2.05) is 0 Å². The molecule has 1 heterocycles. The summed E-state index contributed by atoms with van der Waals surface area (Å²) in [5.74, 6) is 2.83. The van der Waals surface area contributed by atoms with Crippen molar-refractivity contribution in [2.75, 3.05) is 39.0 Å². The minimum absolute atomic E-state index is 0.133. The maximum absolute atomic E-state index is 13.3. The first-order valence-corrected chi connectivity index (χ1v) is 11.2. The van der Waals surface area contributed by atoms with Gasteiger partial charge in [-0.15, -0.1) is 17.8 Å². The summed E-state index contributed by atoms with van der Waals surface area (Å²) in [6.45, 7) is 0.337. The van der Waals surface area contributed by atoms with Crippen molar-refractivity contribution in [2.45, 2.75) is 12.5 Å². The molecule has 0 aliphatic rings. The first-order valence-electron chi connectivity index (χ1n) is 8.83. The van der Waals surface area contributed by atoms with Crippen molar-refractivity contribution in [3.05, 3.63) is 34.3 Å². The molecule has 0 aliphatic carbocycles. The Morgan fingerprint density at radius 2 is 1.97 bits per heavy atom. The lowest BCUT2D eigenvalue weighted by atomic mass is 10.1. The van der Waals surface area contributed by atoms with Crippen LogP contribution in [0.15, 0.2) is 23.6 Å². The van der Waals surface area contributed by atoms with Crippen molar-refractivity contribution in [1.82, 2.24) is 9.29 Å². The van der Waals surface area contributed by atoms with Gasteiger partial charge in [-0.05, 0) is 19.4 Å². The summed E-state index contributed by atoms with van der Waals surface area (Å²) in [6.07, 6.45) is 7.86. The van der Waals surface area contributed by atoms with E-state index < -0.39 is 22.9 Å². The number of anilines is 1. The van der Waals surface area contributed by atoms with Crippen molar-refractivity contribution in [2.24, 2.45) is 0 Å². The number of hydrogen-bond acceptors (Lipinski definition) is 7. The normalized spacial score (nSPS) is 12.7. The van der Waals surface area contributed by atoms with Gasteiger partial charge in [0, 0.05) is 36.4 Å². The third kappa shape index (κ3) is 5.66. The lowest BCUT2D eigenvalue weighted by Crippen LogP contribution is -2.43. The molecule has 0 fully saturated rings. The number of aromatic nitrogens is 1. The fourth-order valence-electron chi connectivity index (χ4n) is 2.65. The summed E-state index contributed by atoms with van der Waals surface area (Å²) in [4.78, 5) is 30.8. The topological polar surface area (TPSA) is 89.0 Å². The van der Waals surface area contributed by atoms with Gasteiger partial charge in [-0.2, -0.15) is 0 Å². The number of methoxy groups -OCH3 is 2. The Kier molecular flexibility index (Phi) is 8.53. The van der Waals surface area contributed by atoms with E-state index in [9.17, 15) is 13.8 Å². The Morgan fingerprint density at radius 1 is 1.33 bits per heavy atom. The van der Waals surface area contributed by atoms with Crippen LogP contribution >= 0.6 is 11.3 Å². The van der Waals surface area contributed by atoms with Crippen LogP contribution < -0.4 is 14.4 Å². The molecule has 0 radical (unpaired) electrons. The lowest BCUT2D eigenvalue weighted by Gasteiger charge is -2.29. The SMILES string of the molecule is C#Cc1nc(C(=O)N(c2cc(OC)cc(OC)c2)C(C=O)CCN(C)S(C)=O)cs1. The number of amides is 1. The van der Waals surface area contributed by atoms with Crippen molar-refractivity contribution in [3.63, 3.8) is 0 Å². The van der Waals surface area contributed by atoms with Crippen LogP contribution in [0.25, 0.3) is 0 Å². The predicted molar refractivity (Wildman–Crippen MR) is 118 cm³/mol. The molecule has 0 N–H and O–H groups in total. The first-order chi connectivity index (χ1) is 14.3. The van der Waals surface area contributed by atoms with Crippen LogP contribution in [0.2, 0.25) is 0 Å². The Bertz CT molecular complexity index is 947. The van der Waals surface area contributed by atoms with Gasteiger partial charge in [0.25, 0.3) is 5.91 Å². The highest BCUT2D eigenvalue weighted by molar-refractivity contribution is 7.81. The Labute approximate surface area is 182 Å². The summed E-state index contributed by atoms with van der Waals surface area (Å²) in [5, 5.41) is 1.92. The van der Waals surface area contributed by atoms with Gasteiger partial charge in [0.15, 0.2) is 5.01 Å². The summed E-state index contributed by atoms with van der Waals surface area (Å²) >= 11 is 1.17. The highest BCUT2D eigenvalue weighted by Gasteiger charge is 2.29. The Morgan fingerprint density at radius 3 is 2.43 bits per heavy atom. The van der Waals surface area contributed by atoms with Crippen molar-refractivity contribution in [1.29, 1.82) is 0 Å². The van der Waals surface area contributed by atoms with Gasteiger partial charge in [-0.3, -0.25) is 9.69 Å². The quantitative estimate of drug-likeness (QED) is 0.407. The molecule has 8 nitrogen and oxygen atoms in total. The Balaban J connectivity index is 2.51. The zero-order valence-corrected chi connectivity index (χ0v) is 18.8. The third-order valence-corrected chi connectivity index (χ3v) is 6.18. The fraction of sp³-hybridized carbons (Fsp3) is 0.350. The van der Waals surface area contributed by atoms with Gasteiger partial charge in [-0.1, -0.05) is 0 Å². The van der Waals surface area contributed by atoms with E-state index in [4.69, 9.17) is 15.9 Å². The van der Waals surface area contributed by atoms with E-state index in [1.165, 1.54) is 30.5 Å². The number of thiazole rings is 1. The molecular weight excluding hydrogens is 426 g/mol. The Hall–Kier alpha value is -2.74. The van der Waals surface area contributed by atoms with E-state index in [-0.39, 0.29) is 12.1 Å². The van der Waals surface area contributed by atoms with E-state index >= 15 is 0 Å². The predicted octanol–water partition coefficient (Wildman–Crippen LogP) is 1.97. The number of hydrogen-bond donors (Lipinski definition) is 0. The first kappa shape index (κ1) is 23.5. The molecule has 2 rings (SSSR count). The number of carbonyl (C=O) groups is 2. The number of benzene rings is 1. The van der Waals surface area contributed by atoms with Crippen LogP contribution in [0.3, 0.4) is 0 Å². The second-order valence-electron chi connectivity index (χ2n) is 6.20. The number of terminal acetylenes is 1. The third-order valence-electron chi connectivity index (χ3n) is 4.35. The van der Waals surface area contributed by atoms with Gasteiger partial charge >= 0.3 is 0 Å². The molecule has 160 valence electrons. The number of nitrogens with zero attached hydrogens (tertiary/aromatic N) is 3. The van der Waals surface area contributed by atoms with Crippen LogP contribution in [0, 0.1) is 12.3 Å². The largest absolute Gasteiger partial charge is 0.497 e. The van der Waals surface area contributed by atoms with Crippen LogP contribution in [0.5, 0.6) is 11.5 Å². The summed E-state index contributed by atoms with van der Waals surface area (Å²) in [5.41, 5.74) is 0.540. The van der Waals surface area contributed by atoms with E-state index in [0.717, 1.165) is 0 Å². The van der Waals surface area contributed by atoms with Crippen LogP contribution in [-0.2, 0) is 15.8 Å². The monoisotopic (exact) mass is 449 g/mol. The number of carbonyl (C=O) groups excluding carboxylic acids is 2. The smallest absolute Gasteiger partial charge is 0.278 e. The standard InChI is InChI=1S/C20H23N3O5S2/c1-6-19-21-18(13-29-19)20(25)23(14(12-24)7-8-22(2)30(5)26)15-9-16(27-3)11-17(10-15)28-4/h1,9-14H,7-8H2,2-5H3. The minimum Gasteiger partial charge on any atom is -0.497 e. The fourth-order valence-corrected chi connectivity index (χ4v) is 3.61. The highest BCUT2D eigenvalue weighted by atomic mass is 32.2. The summed E-state index contributed by atoms with van der Waals surface area (Å²) in [6, 6.07) is 4.09. The number of ether oxygens (including phenoxy) is 2. The molecule has 2 unspecified atom stereocenters. The molecule has 2 aromatic rings. The summed E-state index contributed by atoms with van der Waals surface area (Å²) < 4.78 is 23.8. The van der Waals surface area contributed by atoms with Crippen LogP contribution in [0.4, 0.5) is 5.69 Å². The van der Waals surface area contributed by atoms with Crippen LogP contribution in [0.1, 0.15) is 21.9 Å². The minimum atomic E-state index is -1.20. The molecule has 30 heavy (non-hydrogen) atoms. The molecule has 0 saturated heterocycles. The lowest BCUT2D eigenvalue weighted by molar-refractivity contribution is -0.109. The molecule has 0 spiro atoms. The molecule has 0 saturated carbocycles.